The number of hydrogen-bond donors (Lipinski definition) is 0. The van der Waals surface area contributed by atoms with Crippen molar-refractivity contribution in [1.29, 1.82) is 0 Å². The predicted octanol–water partition coefficient (Wildman–Crippen LogP) is 3.42. The van der Waals surface area contributed by atoms with Crippen molar-refractivity contribution in [2.75, 3.05) is 14.2 Å². The number of carbonyl (C=O) groups excluding carboxylic acids is 2. The van der Waals surface area contributed by atoms with Gasteiger partial charge in [-0.2, -0.15) is 0 Å². The molecule has 124 valence electrons. The molecule has 0 spiro atoms. The molecule has 4 nitrogen and oxygen atoms in total. The van der Waals surface area contributed by atoms with Gasteiger partial charge in [0.15, 0.2) is 0 Å². The van der Waals surface area contributed by atoms with E-state index >= 15 is 0 Å². The zero-order chi connectivity index (χ0) is 17.1. The first-order valence-corrected chi connectivity index (χ1v) is 7.96. The van der Waals surface area contributed by atoms with E-state index in [0.29, 0.717) is 6.42 Å². The SMILES string of the molecule is COC(=O)[C@H]1CC(c2ccc(-c3ccccc3)cc2)[C@@H]1C(=O)OC. The van der Waals surface area contributed by atoms with Crippen molar-refractivity contribution < 1.29 is 19.1 Å². The number of carbonyl (C=O) groups is 2. The Kier molecular flexibility index (Phi) is 4.65. The van der Waals surface area contributed by atoms with Crippen molar-refractivity contribution in [2.24, 2.45) is 11.8 Å². The zero-order valence-electron chi connectivity index (χ0n) is 13.8. The summed E-state index contributed by atoms with van der Waals surface area (Å²) in [6.07, 6.45) is 0.608. The fraction of sp³-hybridized carbons (Fsp3) is 0.300. The van der Waals surface area contributed by atoms with Gasteiger partial charge in [0.25, 0.3) is 0 Å². The Morgan fingerprint density at radius 1 is 0.833 bits per heavy atom. The minimum absolute atomic E-state index is 0.00799. The molecule has 0 heterocycles. The van der Waals surface area contributed by atoms with E-state index in [4.69, 9.17) is 9.47 Å². The van der Waals surface area contributed by atoms with Gasteiger partial charge in [0, 0.05) is 0 Å². The highest BCUT2D eigenvalue weighted by Crippen LogP contribution is 2.48. The molecule has 0 radical (unpaired) electrons. The van der Waals surface area contributed by atoms with E-state index in [1.165, 1.54) is 14.2 Å². The summed E-state index contributed by atoms with van der Waals surface area (Å²) in [6.45, 7) is 0. The molecule has 0 aliphatic heterocycles. The van der Waals surface area contributed by atoms with Gasteiger partial charge < -0.3 is 9.47 Å². The summed E-state index contributed by atoms with van der Waals surface area (Å²) in [5.41, 5.74) is 3.32. The van der Waals surface area contributed by atoms with Gasteiger partial charge in [0.2, 0.25) is 0 Å². The van der Waals surface area contributed by atoms with Crippen LogP contribution in [0.25, 0.3) is 11.1 Å². The van der Waals surface area contributed by atoms with E-state index in [9.17, 15) is 9.59 Å². The predicted molar refractivity (Wildman–Crippen MR) is 90.2 cm³/mol. The van der Waals surface area contributed by atoms with E-state index in [0.717, 1.165) is 16.7 Å². The maximum Gasteiger partial charge on any atom is 0.310 e. The third-order valence-electron chi connectivity index (χ3n) is 4.80. The Labute approximate surface area is 141 Å². The van der Waals surface area contributed by atoms with Crippen LogP contribution in [0.3, 0.4) is 0 Å². The van der Waals surface area contributed by atoms with Crippen molar-refractivity contribution >= 4 is 11.9 Å². The van der Waals surface area contributed by atoms with Crippen molar-refractivity contribution in [1.82, 2.24) is 0 Å². The summed E-state index contributed by atoms with van der Waals surface area (Å²) in [5, 5.41) is 0. The lowest BCUT2D eigenvalue weighted by Gasteiger charge is -2.41. The first kappa shape index (κ1) is 16.2. The maximum atomic E-state index is 12.1. The smallest absolute Gasteiger partial charge is 0.310 e. The van der Waals surface area contributed by atoms with Crippen LogP contribution in [0, 0.1) is 11.8 Å². The molecule has 1 aliphatic rings. The Balaban J connectivity index is 1.81. The first-order chi connectivity index (χ1) is 11.7. The quantitative estimate of drug-likeness (QED) is 0.809. The molecule has 24 heavy (non-hydrogen) atoms. The summed E-state index contributed by atoms with van der Waals surface area (Å²) in [4.78, 5) is 23.9. The lowest BCUT2D eigenvalue weighted by Crippen LogP contribution is -2.45. The number of benzene rings is 2. The normalized spacial score (nSPS) is 22.3. The van der Waals surface area contributed by atoms with Crippen LogP contribution in [0.1, 0.15) is 17.9 Å². The van der Waals surface area contributed by atoms with Crippen LogP contribution in [-0.2, 0) is 19.1 Å². The lowest BCUT2D eigenvalue weighted by molar-refractivity contribution is -0.166. The number of rotatable bonds is 4. The molecule has 0 bridgehead atoms. The van der Waals surface area contributed by atoms with Crippen LogP contribution in [-0.4, -0.2) is 26.2 Å². The maximum absolute atomic E-state index is 12.1. The average molecular weight is 324 g/mol. The monoisotopic (exact) mass is 324 g/mol. The van der Waals surface area contributed by atoms with Gasteiger partial charge in [-0.05, 0) is 29.0 Å². The molecule has 0 saturated heterocycles. The van der Waals surface area contributed by atoms with Crippen LogP contribution in [0.5, 0.6) is 0 Å². The second kappa shape index (κ2) is 6.87. The minimum atomic E-state index is -0.468. The number of esters is 2. The molecule has 0 N–H and O–H groups in total. The lowest BCUT2D eigenvalue weighted by atomic mass is 9.62. The molecular formula is C20H20O4. The molecule has 3 atom stereocenters. The summed E-state index contributed by atoms with van der Waals surface area (Å²) < 4.78 is 9.67. The highest BCUT2D eigenvalue weighted by molar-refractivity contribution is 5.85. The largest absolute Gasteiger partial charge is 0.469 e. The fourth-order valence-electron chi connectivity index (χ4n) is 3.41. The van der Waals surface area contributed by atoms with E-state index in [-0.39, 0.29) is 17.9 Å². The summed E-state index contributed by atoms with van der Waals surface area (Å²) in [7, 11) is 2.70. The third kappa shape index (κ3) is 2.92. The topological polar surface area (TPSA) is 52.6 Å². The van der Waals surface area contributed by atoms with Crippen LogP contribution in [0.2, 0.25) is 0 Å². The van der Waals surface area contributed by atoms with E-state index in [2.05, 4.69) is 12.1 Å². The Bertz CT molecular complexity index is 721. The van der Waals surface area contributed by atoms with E-state index < -0.39 is 11.8 Å². The molecule has 0 amide bonds. The molecule has 2 aromatic carbocycles. The number of ether oxygens (including phenoxy) is 2. The van der Waals surface area contributed by atoms with Gasteiger partial charge in [-0.3, -0.25) is 9.59 Å². The summed E-state index contributed by atoms with van der Waals surface area (Å²) in [5.74, 6) is -1.59. The van der Waals surface area contributed by atoms with Gasteiger partial charge in [-0.15, -0.1) is 0 Å². The van der Waals surface area contributed by atoms with Crippen molar-refractivity contribution in [2.45, 2.75) is 12.3 Å². The van der Waals surface area contributed by atoms with Crippen molar-refractivity contribution in [3.8, 4) is 11.1 Å². The Morgan fingerprint density at radius 3 is 2.00 bits per heavy atom. The number of methoxy groups -OCH3 is 2. The van der Waals surface area contributed by atoms with Crippen molar-refractivity contribution in [3.05, 3.63) is 60.2 Å². The van der Waals surface area contributed by atoms with Crippen LogP contribution in [0.15, 0.2) is 54.6 Å². The molecule has 1 aliphatic carbocycles. The van der Waals surface area contributed by atoms with Gasteiger partial charge in [-0.1, -0.05) is 54.6 Å². The second-order valence-corrected chi connectivity index (χ2v) is 6.01. The molecule has 3 rings (SSSR count). The molecular weight excluding hydrogens is 304 g/mol. The standard InChI is InChI=1S/C20H20O4/c1-23-19(21)17-12-16(18(17)20(22)24-2)15-10-8-14(9-11-15)13-6-4-3-5-7-13/h3-11,16-18H,12H2,1-2H3/t16?,17-,18-/m0/s1. The second-order valence-electron chi connectivity index (χ2n) is 6.01. The minimum Gasteiger partial charge on any atom is -0.469 e. The highest BCUT2D eigenvalue weighted by atomic mass is 16.5. The zero-order valence-corrected chi connectivity index (χ0v) is 13.8. The van der Waals surface area contributed by atoms with E-state index in [1.807, 2.05) is 42.5 Å². The van der Waals surface area contributed by atoms with Gasteiger partial charge in [0.1, 0.15) is 0 Å². The van der Waals surface area contributed by atoms with Crippen LogP contribution >= 0.6 is 0 Å². The van der Waals surface area contributed by atoms with E-state index in [1.54, 1.807) is 0 Å². The van der Waals surface area contributed by atoms with Gasteiger partial charge in [0.05, 0.1) is 26.1 Å². The summed E-state index contributed by atoms with van der Waals surface area (Å²) in [6, 6.07) is 18.3. The number of hydrogen-bond acceptors (Lipinski definition) is 4. The summed E-state index contributed by atoms with van der Waals surface area (Å²) >= 11 is 0. The molecule has 1 unspecified atom stereocenters. The molecule has 0 aromatic heterocycles. The average Bonchev–Trinajstić information content (AvgIpc) is 2.62. The third-order valence-corrected chi connectivity index (χ3v) is 4.80. The molecule has 1 saturated carbocycles. The highest BCUT2D eigenvalue weighted by Gasteiger charge is 2.51. The Hall–Kier alpha value is -2.62. The molecule has 4 heteroatoms. The van der Waals surface area contributed by atoms with Crippen LogP contribution < -0.4 is 0 Å². The van der Waals surface area contributed by atoms with Gasteiger partial charge >= 0.3 is 11.9 Å². The van der Waals surface area contributed by atoms with Crippen LogP contribution in [0.4, 0.5) is 0 Å². The molecule has 2 aromatic rings. The van der Waals surface area contributed by atoms with Crippen molar-refractivity contribution in [3.63, 3.8) is 0 Å². The van der Waals surface area contributed by atoms with Gasteiger partial charge in [-0.25, -0.2) is 0 Å². The molecule has 1 fully saturated rings. The fourth-order valence-corrected chi connectivity index (χ4v) is 3.41. The Morgan fingerprint density at radius 2 is 1.42 bits per heavy atom. The first-order valence-electron chi connectivity index (χ1n) is 7.96.